The lowest BCUT2D eigenvalue weighted by Gasteiger charge is -2.28. The van der Waals surface area contributed by atoms with Crippen LogP contribution in [-0.2, 0) is 27.3 Å². The Bertz CT molecular complexity index is 1280. The fourth-order valence-electron chi connectivity index (χ4n) is 5.23. The number of amides is 2. The molecule has 0 radical (unpaired) electrons. The molecule has 33 heavy (non-hydrogen) atoms. The van der Waals surface area contributed by atoms with E-state index in [1.165, 1.54) is 16.2 Å². The first-order valence-electron chi connectivity index (χ1n) is 11.2. The van der Waals surface area contributed by atoms with Gasteiger partial charge in [-0.3, -0.25) is 14.4 Å². The van der Waals surface area contributed by atoms with Gasteiger partial charge >= 0.3 is 0 Å². The third-order valence-corrected chi connectivity index (χ3v) is 8.01. The smallest absolute Gasteiger partial charge is 0.267 e. The van der Waals surface area contributed by atoms with E-state index in [1.54, 1.807) is 5.06 Å². The predicted octanol–water partition coefficient (Wildman–Crippen LogP) is 4.55. The van der Waals surface area contributed by atoms with Crippen LogP contribution in [0.15, 0.2) is 60.7 Å². The van der Waals surface area contributed by atoms with Crippen molar-refractivity contribution in [1.82, 2.24) is 0 Å². The highest BCUT2D eigenvalue weighted by Gasteiger charge is 2.61. The Labute approximate surface area is 195 Å². The standard InChI is InChI=1S/C26H21N3O3S/c27-15-19-18-13-7-8-14-20(18)33-26(19)28-24(30)21-22(16-9-3-1-4-10-16)29(32-23(21)25(28)31)17-11-5-2-6-12-17/h1-6,9-12,21-23H,7-8,13-14H2/t21-,22-,23-/m0/s1. The average molecular weight is 456 g/mol. The zero-order valence-electron chi connectivity index (χ0n) is 17.8. The summed E-state index contributed by atoms with van der Waals surface area (Å²) in [5.41, 5.74) is 3.18. The number of rotatable bonds is 3. The van der Waals surface area contributed by atoms with Gasteiger partial charge in [-0.2, -0.15) is 5.26 Å². The molecule has 0 bridgehead atoms. The molecule has 2 aliphatic heterocycles. The van der Waals surface area contributed by atoms with Crippen molar-refractivity contribution in [1.29, 1.82) is 5.26 Å². The summed E-state index contributed by atoms with van der Waals surface area (Å²) in [5.74, 6) is -1.38. The van der Waals surface area contributed by atoms with Gasteiger partial charge < -0.3 is 0 Å². The summed E-state index contributed by atoms with van der Waals surface area (Å²) in [7, 11) is 0. The molecule has 2 amide bonds. The van der Waals surface area contributed by atoms with Gasteiger partial charge in [-0.1, -0.05) is 48.5 Å². The van der Waals surface area contributed by atoms with Crippen molar-refractivity contribution in [3.8, 4) is 6.07 Å². The average Bonchev–Trinajstić information content (AvgIpc) is 3.50. The molecule has 0 spiro atoms. The molecule has 1 aliphatic carbocycles. The number of nitrogens with zero attached hydrogens (tertiary/aromatic N) is 3. The maximum absolute atomic E-state index is 13.8. The Morgan fingerprint density at radius 3 is 2.36 bits per heavy atom. The normalized spacial score (nSPS) is 24.0. The Morgan fingerprint density at radius 1 is 0.939 bits per heavy atom. The number of carbonyl (C=O) groups is 2. The van der Waals surface area contributed by atoms with Crippen LogP contribution < -0.4 is 9.96 Å². The zero-order valence-corrected chi connectivity index (χ0v) is 18.6. The van der Waals surface area contributed by atoms with Crippen molar-refractivity contribution in [2.45, 2.75) is 37.8 Å². The maximum atomic E-state index is 13.8. The molecule has 0 saturated carbocycles. The van der Waals surface area contributed by atoms with Crippen molar-refractivity contribution in [2.24, 2.45) is 5.92 Å². The molecule has 3 heterocycles. The summed E-state index contributed by atoms with van der Waals surface area (Å²) in [6.45, 7) is 0. The second-order valence-corrected chi connectivity index (χ2v) is 9.67. The number of anilines is 2. The highest BCUT2D eigenvalue weighted by atomic mass is 32.1. The molecule has 2 saturated heterocycles. The SMILES string of the molecule is N#Cc1c(N2C(=O)[C@@H]3[C@H](ON(c4ccccc4)[C@H]3c3ccccc3)C2=O)sc2c1CCCC2. The molecule has 1 aromatic heterocycles. The molecule has 7 heteroatoms. The van der Waals surface area contributed by atoms with E-state index in [0.29, 0.717) is 10.6 Å². The van der Waals surface area contributed by atoms with E-state index < -0.39 is 18.1 Å². The zero-order chi connectivity index (χ0) is 22.5. The van der Waals surface area contributed by atoms with Crippen molar-refractivity contribution >= 4 is 33.8 Å². The van der Waals surface area contributed by atoms with Gasteiger partial charge in [0.15, 0.2) is 6.10 Å². The number of benzene rings is 2. The number of nitriles is 1. The van der Waals surface area contributed by atoms with Crippen molar-refractivity contribution in [2.75, 3.05) is 9.96 Å². The lowest BCUT2D eigenvalue weighted by Crippen LogP contribution is -2.37. The lowest BCUT2D eigenvalue weighted by molar-refractivity contribution is -0.126. The Hall–Kier alpha value is -3.47. The topological polar surface area (TPSA) is 73.6 Å². The van der Waals surface area contributed by atoms with E-state index in [9.17, 15) is 14.9 Å². The van der Waals surface area contributed by atoms with Crippen LogP contribution >= 0.6 is 11.3 Å². The van der Waals surface area contributed by atoms with Crippen LogP contribution in [0.5, 0.6) is 0 Å². The molecular weight excluding hydrogens is 434 g/mol. The Kier molecular flexibility index (Phi) is 4.79. The number of carbonyl (C=O) groups excluding carboxylic acids is 2. The first kappa shape index (κ1) is 20.2. The van der Waals surface area contributed by atoms with Crippen LogP contribution in [0.4, 0.5) is 10.7 Å². The summed E-state index contributed by atoms with van der Waals surface area (Å²) in [4.78, 5) is 36.0. The fraction of sp³-hybridized carbons (Fsp3) is 0.269. The summed E-state index contributed by atoms with van der Waals surface area (Å²) < 4.78 is 0. The van der Waals surface area contributed by atoms with Gasteiger partial charge in [-0.15, -0.1) is 11.3 Å². The molecule has 0 unspecified atom stereocenters. The van der Waals surface area contributed by atoms with Gasteiger partial charge in [0.1, 0.15) is 17.0 Å². The monoisotopic (exact) mass is 455 g/mol. The molecule has 3 aliphatic rings. The van der Waals surface area contributed by atoms with Gasteiger partial charge in [0, 0.05) is 4.88 Å². The molecule has 3 aromatic rings. The molecule has 6 rings (SSSR count). The lowest BCUT2D eigenvalue weighted by atomic mass is 9.90. The van der Waals surface area contributed by atoms with Crippen LogP contribution in [0.3, 0.4) is 0 Å². The molecule has 3 atom stereocenters. The first-order valence-corrected chi connectivity index (χ1v) is 12.0. The minimum atomic E-state index is -0.923. The van der Waals surface area contributed by atoms with Gasteiger partial charge in [0.25, 0.3) is 5.91 Å². The number of hydrogen-bond acceptors (Lipinski definition) is 6. The molecule has 164 valence electrons. The van der Waals surface area contributed by atoms with Gasteiger partial charge in [-0.25, -0.2) is 9.96 Å². The van der Waals surface area contributed by atoms with Crippen LogP contribution in [-0.4, -0.2) is 17.9 Å². The second-order valence-electron chi connectivity index (χ2n) is 8.58. The summed E-state index contributed by atoms with van der Waals surface area (Å²) in [5, 5.41) is 12.1. The minimum absolute atomic E-state index is 0.299. The number of imide groups is 1. The Balaban J connectivity index is 1.44. The van der Waals surface area contributed by atoms with E-state index >= 15 is 0 Å². The second kappa shape index (κ2) is 7.84. The van der Waals surface area contributed by atoms with Crippen LogP contribution in [0.1, 0.15) is 40.5 Å². The highest BCUT2D eigenvalue weighted by molar-refractivity contribution is 7.17. The van der Waals surface area contributed by atoms with E-state index in [2.05, 4.69) is 6.07 Å². The third-order valence-electron chi connectivity index (χ3n) is 6.73. The number of fused-ring (bicyclic) bond motifs is 2. The summed E-state index contributed by atoms with van der Waals surface area (Å²) >= 11 is 1.42. The molecule has 2 aromatic carbocycles. The van der Waals surface area contributed by atoms with E-state index in [1.807, 2.05) is 60.7 Å². The molecular formula is C26H21N3O3S. The molecule has 6 nitrogen and oxygen atoms in total. The number of thiophene rings is 1. The van der Waals surface area contributed by atoms with Crippen molar-refractivity contribution < 1.29 is 14.4 Å². The quantitative estimate of drug-likeness (QED) is 0.542. The van der Waals surface area contributed by atoms with Crippen LogP contribution in [0.2, 0.25) is 0 Å². The number of para-hydroxylation sites is 1. The summed E-state index contributed by atoms with van der Waals surface area (Å²) in [6.07, 6.45) is 2.88. The summed E-state index contributed by atoms with van der Waals surface area (Å²) in [6, 6.07) is 21.0. The molecule has 2 fully saturated rings. The minimum Gasteiger partial charge on any atom is -0.273 e. The van der Waals surface area contributed by atoms with Gasteiger partial charge in [0.05, 0.1) is 17.3 Å². The van der Waals surface area contributed by atoms with Crippen molar-refractivity contribution in [3.63, 3.8) is 0 Å². The highest BCUT2D eigenvalue weighted by Crippen LogP contribution is 2.50. The maximum Gasteiger partial charge on any atom is 0.267 e. The third kappa shape index (κ3) is 3.02. The van der Waals surface area contributed by atoms with Crippen molar-refractivity contribution in [3.05, 3.63) is 82.2 Å². The predicted molar refractivity (Wildman–Crippen MR) is 125 cm³/mol. The van der Waals surface area contributed by atoms with E-state index in [-0.39, 0.29) is 11.8 Å². The number of hydrogen-bond donors (Lipinski definition) is 0. The van der Waals surface area contributed by atoms with Gasteiger partial charge in [-0.05, 0) is 48.9 Å². The van der Waals surface area contributed by atoms with E-state index in [0.717, 1.165) is 47.4 Å². The van der Waals surface area contributed by atoms with Gasteiger partial charge in [0.2, 0.25) is 5.91 Å². The largest absolute Gasteiger partial charge is 0.273 e. The van der Waals surface area contributed by atoms with Crippen LogP contribution in [0, 0.1) is 17.2 Å². The first-order chi connectivity index (χ1) is 16.2. The molecule has 0 N–H and O–H groups in total. The number of aryl methyl sites for hydroxylation is 1. The fourth-order valence-corrected chi connectivity index (χ4v) is 6.58. The van der Waals surface area contributed by atoms with E-state index in [4.69, 9.17) is 4.84 Å². The Morgan fingerprint density at radius 2 is 1.64 bits per heavy atom. The number of hydroxylamine groups is 1. The van der Waals surface area contributed by atoms with Crippen LogP contribution in [0.25, 0.3) is 0 Å².